The van der Waals surface area contributed by atoms with Gasteiger partial charge in [0.15, 0.2) is 0 Å². The number of imidazole rings is 1. The molecule has 7 heteroatoms. The van der Waals surface area contributed by atoms with Crippen molar-refractivity contribution in [1.29, 1.82) is 0 Å². The van der Waals surface area contributed by atoms with E-state index in [1.54, 1.807) is 6.20 Å². The summed E-state index contributed by atoms with van der Waals surface area (Å²) in [6.07, 6.45) is 7.61. The smallest absolute Gasteiger partial charge is 0.263 e. The van der Waals surface area contributed by atoms with Gasteiger partial charge in [0.25, 0.3) is 5.91 Å². The van der Waals surface area contributed by atoms with Crippen molar-refractivity contribution in [1.82, 2.24) is 19.8 Å². The van der Waals surface area contributed by atoms with E-state index in [0.29, 0.717) is 19.1 Å². The minimum atomic E-state index is -0.0644. The zero-order chi connectivity index (χ0) is 16.2. The first-order valence-electron chi connectivity index (χ1n) is 7.73. The Labute approximate surface area is 139 Å². The molecule has 0 unspecified atom stereocenters. The molecule has 2 aromatic rings. The Morgan fingerprint density at radius 2 is 2.30 bits per heavy atom. The van der Waals surface area contributed by atoms with Gasteiger partial charge in [0.1, 0.15) is 0 Å². The molecule has 1 aliphatic heterocycles. The zero-order valence-corrected chi connectivity index (χ0v) is 13.9. The Balaban J connectivity index is 1.64. The van der Waals surface area contributed by atoms with Crippen LogP contribution in [0.2, 0.25) is 0 Å². The molecular weight excluding hydrogens is 312 g/mol. The van der Waals surface area contributed by atoms with Crippen molar-refractivity contribution in [3.63, 3.8) is 0 Å². The molecule has 122 valence electrons. The fourth-order valence-electron chi connectivity index (χ4n) is 2.82. The molecule has 23 heavy (non-hydrogen) atoms. The maximum absolute atomic E-state index is 12.7. The van der Waals surface area contributed by atoms with Gasteiger partial charge >= 0.3 is 0 Å². The van der Waals surface area contributed by atoms with E-state index in [0.717, 1.165) is 29.1 Å². The van der Waals surface area contributed by atoms with Gasteiger partial charge in [-0.25, -0.2) is 4.98 Å². The zero-order valence-electron chi connectivity index (χ0n) is 13.1. The molecule has 1 saturated heterocycles. The minimum absolute atomic E-state index is 0.0644. The van der Waals surface area contributed by atoms with Gasteiger partial charge in [0, 0.05) is 37.3 Å². The van der Waals surface area contributed by atoms with Gasteiger partial charge in [0.05, 0.1) is 23.8 Å². The summed E-state index contributed by atoms with van der Waals surface area (Å²) >= 11 is 1.45. The molecule has 0 bridgehead atoms. The van der Waals surface area contributed by atoms with Gasteiger partial charge in [-0.05, 0) is 25.0 Å². The molecule has 0 saturated carbocycles. The number of nitrogens with one attached hydrogen (secondary N) is 1. The van der Waals surface area contributed by atoms with Crippen molar-refractivity contribution in [3.8, 4) is 0 Å². The first-order valence-corrected chi connectivity index (χ1v) is 8.55. The lowest BCUT2D eigenvalue weighted by Gasteiger charge is -2.33. The van der Waals surface area contributed by atoms with Crippen LogP contribution in [0.25, 0.3) is 0 Å². The molecule has 2 amide bonds. The average molecular weight is 332 g/mol. The Kier molecular flexibility index (Phi) is 4.76. The first-order chi connectivity index (χ1) is 11.1. The number of thiophene rings is 1. The van der Waals surface area contributed by atoms with Crippen LogP contribution in [0.5, 0.6) is 0 Å². The Hall–Kier alpha value is -2.15. The van der Waals surface area contributed by atoms with Crippen molar-refractivity contribution >= 4 is 23.2 Å². The van der Waals surface area contributed by atoms with Crippen molar-refractivity contribution < 1.29 is 9.59 Å². The van der Waals surface area contributed by atoms with Crippen molar-refractivity contribution in [2.45, 2.75) is 32.4 Å². The van der Waals surface area contributed by atoms with Gasteiger partial charge in [0.2, 0.25) is 5.91 Å². The summed E-state index contributed by atoms with van der Waals surface area (Å²) < 4.78 is 2.08. The van der Waals surface area contributed by atoms with Crippen LogP contribution in [0.1, 0.15) is 40.4 Å². The number of hydrogen-bond donors (Lipinski definition) is 1. The molecule has 0 aromatic carbocycles. The van der Waals surface area contributed by atoms with E-state index in [9.17, 15) is 9.59 Å². The third kappa shape index (κ3) is 3.79. The summed E-state index contributed by atoms with van der Waals surface area (Å²) in [6.45, 7) is 3.48. The molecule has 1 aliphatic rings. The van der Waals surface area contributed by atoms with Gasteiger partial charge in [-0.2, -0.15) is 0 Å². The normalized spacial score (nSPS) is 18.0. The predicted octanol–water partition coefficient (Wildman–Crippen LogP) is 2.06. The third-order valence-corrected chi connectivity index (χ3v) is 5.09. The first kappa shape index (κ1) is 15.7. The van der Waals surface area contributed by atoms with Gasteiger partial charge < -0.3 is 14.8 Å². The molecule has 1 fully saturated rings. The summed E-state index contributed by atoms with van der Waals surface area (Å²) in [5, 5.41) is 2.76. The molecule has 0 radical (unpaired) electrons. The van der Waals surface area contributed by atoms with Crippen LogP contribution in [-0.4, -0.2) is 39.4 Å². The molecule has 0 aliphatic carbocycles. The van der Waals surface area contributed by atoms with Crippen LogP contribution in [0.3, 0.4) is 0 Å². The molecule has 0 spiro atoms. The second kappa shape index (κ2) is 6.95. The van der Waals surface area contributed by atoms with Crippen molar-refractivity contribution in [2.24, 2.45) is 0 Å². The van der Waals surface area contributed by atoms with Crippen LogP contribution in [0, 0.1) is 0 Å². The fraction of sp³-hybridized carbons (Fsp3) is 0.438. The number of piperidine rings is 1. The Morgan fingerprint density at radius 1 is 1.43 bits per heavy atom. The van der Waals surface area contributed by atoms with Crippen LogP contribution in [-0.2, 0) is 11.3 Å². The standard InChI is InChI=1S/C16H20N4O2S/c1-12(21)18-9-14-4-5-15(23-14)16(22)19-7-2-3-13(10-19)20-8-6-17-11-20/h4-6,8,11,13H,2-3,7,9-10H2,1H3,(H,18,21)/t13-/m0/s1. The summed E-state index contributed by atoms with van der Waals surface area (Å²) in [6, 6.07) is 4.06. The predicted molar refractivity (Wildman–Crippen MR) is 88.2 cm³/mol. The topological polar surface area (TPSA) is 67.2 Å². The lowest BCUT2D eigenvalue weighted by molar-refractivity contribution is -0.119. The van der Waals surface area contributed by atoms with Crippen LogP contribution in [0.4, 0.5) is 0 Å². The molecule has 3 rings (SSSR count). The maximum Gasteiger partial charge on any atom is 0.263 e. The third-order valence-electron chi connectivity index (χ3n) is 4.01. The van der Waals surface area contributed by atoms with E-state index in [2.05, 4.69) is 14.9 Å². The van der Waals surface area contributed by atoms with Gasteiger partial charge in [-0.15, -0.1) is 11.3 Å². The number of rotatable bonds is 4. The average Bonchev–Trinajstić information content (AvgIpc) is 3.24. The lowest BCUT2D eigenvalue weighted by Crippen LogP contribution is -2.40. The highest BCUT2D eigenvalue weighted by atomic mass is 32.1. The van der Waals surface area contributed by atoms with E-state index in [4.69, 9.17) is 0 Å². The molecule has 1 atom stereocenters. The van der Waals surface area contributed by atoms with E-state index >= 15 is 0 Å². The quantitative estimate of drug-likeness (QED) is 0.932. The molecule has 2 aromatic heterocycles. The maximum atomic E-state index is 12.7. The summed E-state index contributed by atoms with van der Waals surface area (Å²) in [4.78, 5) is 31.4. The molecule has 3 heterocycles. The van der Waals surface area contributed by atoms with E-state index in [-0.39, 0.29) is 11.8 Å². The summed E-state index contributed by atoms with van der Waals surface area (Å²) in [5.74, 6) is 0.0133. The van der Waals surface area contributed by atoms with Gasteiger partial charge in [-0.1, -0.05) is 0 Å². The van der Waals surface area contributed by atoms with Crippen LogP contribution >= 0.6 is 11.3 Å². The van der Waals surface area contributed by atoms with E-state index in [1.807, 2.05) is 29.6 Å². The summed E-state index contributed by atoms with van der Waals surface area (Å²) in [5.41, 5.74) is 0. The molecule has 6 nitrogen and oxygen atoms in total. The number of aromatic nitrogens is 2. The number of carbonyl (C=O) groups excluding carboxylic acids is 2. The number of hydrogen-bond acceptors (Lipinski definition) is 4. The van der Waals surface area contributed by atoms with Crippen molar-refractivity contribution in [2.75, 3.05) is 13.1 Å². The Bertz CT molecular complexity index is 680. The highest BCUT2D eigenvalue weighted by molar-refractivity contribution is 7.14. The largest absolute Gasteiger partial charge is 0.351 e. The minimum Gasteiger partial charge on any atom is -0.351 e. The SMILES string of the molecule is CC(=O)NCc1ccc(C(=O)N2CCC[C@H](n3ccnc3)C2)s1. The molecular formula is C16H20N4O2S. The number of likely N-dealkylation sites (tertiary alicyclic amines) is 1. The second-order valence-electron chi connectivity index (χ2n) is 5.73. The lowest BCUT2D eigenvalue weighted by atomic mass is 10.1. The number of nitrogens with zero attached hydrogens (tertiary/aromatic N) is 3. The van der Waals surface area contributed by atoms with E-state index < -0.39 is 0 Å². The van der Waals surface area contributed by atoms with Crippen LogP contribution < -0.4 is 5.32 Å². The van der Waals surface area contributed by atoms with E-state index in [1.165, 1.54) is 18.3 Å². The van der Waals surface area contributed by atoms with Crippen LogP contribution in [0.15, 0.2) is 30.9 Å². The monoisotopic (exact) mass is 332 g/mol. The van der Waals surface area contributed by atoms with Crippen molar-refractivity contribution in [3.05, 3.63) is 40.6 Å². The highest BCUT2D eigenvalue weighted by Gasteiger charge is 2.26. The number of amides is 2. The second-order valence-corrected chi connectivity index (χ2v) is 6.90. The highest BCUT2D eigenvalue weighted by Crippen LogP contribution is 2.25. The number of carbonyl (C=O) groups is 2. The summed E-state index contributed by atoms with van der Waals surface area (Å²) in [7, 11) is 0. The fourth-order valence-corrected chi connectivity index (χ4v) is 3.74. The van der Waals surface area contributed by atoms with Gasteiger partial charge in [-0.3, -0.25) is 9.59 Å². The Morgan fingerprint density at radius 3 is 3.04 bits per heavy atom. The molecule has 1 N–H and O–H groups in total.